The Balaban J connectivity index is 1.86. The van der Waals surface area contributed by atoms with Crippen molar-refractivity contribution in [1.82, 2.24) is 15.5 Å². The van der Waals surface area contributed by atoms with Crippen LogP contribution in [0.15, 0.2) is 0 Å². The molecule has 2 aliphatic rings. The summed E-state index contributed by atoms with van der Waals surface area (Å²) in [7, 11) is 0. The van der Waals surface area contributed by atoms with Crippen molar-refractivity contribution in [3.8, 4) is 0 Å². The summed E-state index contributed by atoms with van der Waals surface area (Å²) in [5, 5.41) is 5.46. The van der Waals surface area contributed by atoms with Gasteiger partial charge in [0.25, 0.3) is 0 Å². The van der Waals surface area contributed by atoms with E-state index in [1.165, 1.54) is 0 Å². The zero-order valence-corrected chi connectivity index (χ0v) is 10.7. The number of nitrogens with one attached hydrogen (secondary N) is 2. The van der Waals surface area contributed by atoms with Crippen LogP contribution in [0, 0.1) is 0 Å². The number of carbonyl (C=O) groups is 3. The van der Waals surface area contributed by atoms with Crippen LogP contribution < -0.4 is 10.6 Å². The molecule has 2 atom stereocenters. The lowest BCUT2D eigenvalue weighted by Crippen LogP contribution is -2.47. The van der Waals surface area contributed by atoms with Crippen molar-refractivity contribution in [1.29, 1.82) is 0 Å². The monoisotopic (exact) mass is 253 g/mol. The van der Waals surface area contributed by atoms with Crippen molar-refractivity contribution >= 4 is 17.7 Å². The predicted molar refractivity (Wildman–Crippen MR) is 64.6 cm³/mol. The molecule has 2 aliphatic heterocycles. The van der Waals surface area contributed by atoms with E-state index in [0.717, 1.165) is 0 Å². The van der Waals surface area contributed by atoms with E-state index in [-0.39, 0.29) is 29.8 Å². The third-order valence-electron chi connectivity index (χ3n) is 3.44. The maximum Gasteiger partial charge on any atom is 0.242 e. The van der Waals surface area contributed by atoms with Crippen LogP contribution in [0.2, 0.25) is 0 Å². The van der Waals surface area contributed by atoms with Gasteiger partial charge < -0.3 is 15.5 Å². The van der Waals surface area contributed by atoms with Gasteiger partial charge in [0.15, 0.2) is 0 Å². The van der Waals surface area contributed by atoms with Gasteiger partial charge in [-0.15, -0.1) is 0 Å². The van der Waals surface area contributed by atoms with Crippen LogP contribution >= 0.6 is 0 Å². The number of nitrogens with zero attached hydrogens (tertiary/aromatic N) is 1. The molecule has 0 bridgehead atoms. The molecule has 2 unspecified atom stereocenters. The third-order valence-corrected chi connectivity index (χ3v) is 3.44. The summed E-state index contributed by atoms with van der Waals surface area (Å²) >= 11 is 0. The quantitative estimate of drug-likeness (QED) is 0.704. The summed E-state index contributed by atoms with van der Waals surface area (Å²) in [6.07, 6.45) is 1.30. The molecule has 0 spiro atoms. The number of hydrogen-bond donors (Lipinski definition) is 2. The highest BCUT2D eigenvalue weighted by Gasteiger charge is 2.34. The molecule has 100 valence electrons. The molecule has 6 nitrogen and oxygen atoms in total. The Morgan fingerprint density at radius 1 is 1.44 bits per heavy atom. The lowest BCUT2D eigenvalue weighted by molar-refractivity contribution is -0.129. The van der Waals surface area contributed by atoms with E-state index in [4.69, 9.17) is 0 Å². The van der Waals surface area contributed by atoms with Crippen molar-refractivity contribution in [2.45, 2.75) is 51.2 Å². The zero-order chi connectivity index (χ0) is 13.3. The highest BCUT2D eigenvalue weighted by Crippen LogP contribution is 2.15. The Morgan fingerprint density at radius 3 is 2.67 bits per heavy atom. The minimum atomic E-state index is -0.430. The molecule has 0 aromatic rings. The molecule has 2 N–H and O–H groups in total. The van der Waals surface area contributed by atoms with E-state index in [9.17, 15) is 14.4 Å². The molecular formula is C12H19N3O3. The fourth-order valence-corrected chi connectivity index (χ4v) is 2.44. The summed E-state index contributed by atoms with van der Waals surface area (Å²) in [6.45, 7) is 4.47. The first kappa shape index (κ1) is 12.9. The molecule has 0 aromatic carbocycles. The van der Waals surface area contributed by atoms with Gasteiger partial charge in [0.1, 0.15) is 6.04 Å². The molecular weight excluding hydrogens is 234 g/mol. The standard InChI is InChI=1S/C12H19N3O3/c1-7(2)15-6-8(5-11(15)17)13-12(18)9-3-4-10(16)14-9/h7-9H,3-6H2,1-2H3,(H,13,18)(H,14,16). The predicted octanol–water partition coefficient (Wildman–Crippen LogP) is -0.609. The first-order chi connectivity index (χ1) is 8.47. The van der Waals surface area contributed by atoms with Gasteiger partial charge >= 0.3 is 0 Å². The number of amides is 3. The van der Waals surface area contributed by atoms with Crippen LogP contribution in [0.1, 0.15) is 33.1 Å². The van der Waals surface area contributed by atoms with Gasteiger partial charge in [-0.25, -0.2) is 0 Å². The topological polar surface area (TPSA) is 78.5 Å². The average molecular weight is 253 g/mol. The van der Waals surface area contributed by atoms with Crippen LogP contribution in [0.4, 0.5) is 0 Å². The maximum atomic E-state index is 11.9. The summed E-state index contributed by atoms with van der Waals surface area (Å²) in [5.41, 5.74) is 0. The van der Waals surface area contributed by atoms with E-state index >= 15 is 0 Å². The van der Waals surface area contributed by atoms with Gasteiger partial charge in [0.2, 0.25) is 17.7 Å². The minimum absolute atomic E-state index is 0.0748. The molecule has 2 rings (SSSR count). The molecule has 0 aliphatic carbocycles. The summed E-state index contributed by atoms with van der Waals surface area (Å²) in [4.78, 5) is 36.4. The second kappa shape index (κ2) is 4.96. The van der Waals surface area contributed by atoms with Gasteiger partial charge in [0.05, 0.1) is 6.04 Å². The van der Waals surface area contributed by atoms with Gasteiger partial charge in [-0.05, 0) is 20.3 Å². The fraction of sp³-hybridized carbons (Fsp3) is 0.750. The van der Waals surface area contributed by atoms with Crippen molar-refractivity contribution in [2.24, 2.45) is 0 Å². The Labute approximate surface area is 106 Å². The molecule has 2 fully saturated rings. The summed E-state index contributed by atoms with van der Waals surface area (Å²) in [6, 6.07) is -0.406. The lowest BCUT2D eigenvalue weighted by Gasteiger charge is -2.21. The van der Waals surface area contributed by atoms with Gasteiger partial charge in [-0.1, -0.05) is 0 Å². The van der Waals surface area contributed by atoms with Crippen molar-refractivity contribution in [2.75, 3.05) is 6.54 Å². The molecule has 2 saturated heterocycles. The highest BCUT2D eigenvalue weighted by molar-refractivity contribution is 5.91. The number of likely N-dealkylation sites (tertiary alicyclic amines) is 1. The second-order valence-electron chi connectivity index (χ2n) is 5.21. The van der Waals surface area contributed by atoms with E-state index in [2.05, 4.69) is 10.6 Å². The van der Waals surface area contributed by atoms with Gasteiger partial charge in [-0.2, -0.15) is 0 Å². The number of rotatable bonds is 3. The lowest BCUT2D eigenvalue weighted by atomic mass is 10.2. The van der Waals surface area contributed by atoms with Crippen LogP contribution in [-0.4, -0.2) is 47.3 Å². The second-order valence-corrected chi connectivity index (χ2v) is 5.21. The minimum Gasteiger partial charge on any atom is -0.349 e. The van der Waals surface area contributed by atoms with Gasteiger partial charge in [0, 0.05) is 25.4 Å². The Kier molecular flexibility index (Phi) is 3.54. The largest absolute Gasteiger partial charge is 0.349 e. The molecule has 0 aromatic heterocycles. The normalized spacial score (nSPS) is 27.8. The molecule has 0 radical (unpaired) electrons. The highest BCUT2D eigenvalue weighted by atomic mass is 16.2. The van der Waals surface area contributed by atoms with Crippen molar-refractivity contribution < 1.29 is 14.4 Å². The number of carbonyl (C=O) groups excluding carboxylic acids is 3. The number of hydrogen-bond acceptors (Lipinski definition) is 3. The van der Waals surface area contributed by atoms with E-state index in [0.29, 0.717) is 25.8 Å². The molecule has 3 amide bonds. The Bertz CT molecular complexity index is 381. The average Bonchev–Trinajstić information content (AvgIpc) is 2.85. The van der Waals surface area contributed by atoms with Crippen LogP contribution in [0.5, 0.6) is 0 Å². The van der Waals surface area contributed by atoms with Crippen LogP contribution in [0.25, 0.3) is 0 Å². The SMILES string of the molecule is CC(C)N1CC(NC(=O)C2CCC(=O)N2)CC1=O. The maximum absolute atomic E-state index is 11.9. The molecule has 0 saturated carbocycles. The summed E-state index contributed by atoms with van der Waals surface area (Å²) in [5.74, 6) is -0.184. The zero-order valence-electron chi connectivity index (χ0n) is 10.7. The van der Waals surface area contributed by atoms with Crippen LogP contribution in [-0.2, 0) is 14.4 Å². The van der Waals surface area contributed by atoms with E-state index in [1.807, 2.05) is 13.8 Å². The van der Waals surface area contributed by atoms with E-state index in [1.54, 1.807) is 4.90 Å². The molecule has 6 heteroatoms. The summed E-state index contributed by atoms with van der Waals surface area (Å²) < 4.78 is 0. The third kappa shape index (κ3) is 2.63. The van der Waals surface area contributed by atoms with Gasteiger partial charge in [-0.3, -0.25) is 14.4 Å². The Morgan fingerprint density at radius 2 is 2.17 bits per heavy atom. The first-order valence-electron chi connectivity index (χ1n) is 6.36. The van der Waals surface area contributed by atoms with Crippen molar-refractivity contribution in [3.63, 3.8) is 0 Å². The molecule has 18 heavy (non-hydrogen) atoms. The van der Waals surface area contributed by atoms with Crippen LogP contribution in [0.3, 0.4) is 0 Å². The van der Waals surface area contributed by atoms with E-state index < -0.39 is 6.04 Å². The smallest absolute Gasteiger partial charge is 0.242 e. The molecule has 2 heterocycles. The van der Waals surface area contributed by atoms with Crippen molar-refractivity contribution in [3.05, 3.63) is 0 Å². The first-order valence-corrected chi connectivity index (χ1v) is 6.36. The fourth-order valence-electron chi connectivity index (χ4n) is 2.44. The Hall–Kier alpha value is -1.59.